The van der Waals surface area contributed by atoms with Crippen LogP contribution >= 0.6 is 0 Å². The van der Waals surface area contributed by atoms with Gasteiger partial charge in [0.15, 0.2) is 6.61 Å². The summed E-state index contributed by atoms with van der Waals surface area (Å²) in [6.45, 7) is 0.672. The van der Waals surface area contributed by atoms with Crippen LogP contribution < -0.4 is 14.8 Å². The maximum absolute atomic E-state index is 8.58. The fourth-order valence-corrected chi connectivity index (χ4v) is 1.83. The summed E-state index contributed by atoms with van der Waals surface area (Å²) in [6, 6.07) is 17.4. The molecule has 0 bridgehead atoms. The van der Waals surface area contributed by atoms with Crippen molar-refractivity contribution in [2.24, 2.45) is 0 Å². The van der Waals surface area contributed by atoms with Crippen molar-refractivity contribution in [3.63, 3.8) is 0 Å². The number of para-hydroxylation sites is 1. The molecule has 0 spiro atoms. The molecule has 2 aromatic rings. The zero-order chi connectivity index (χ0) is 14.2. The number of hydrogen-bond acceptors (Lipinski definition) is 4. The third-order valence-electron chi connectivity index (χ3n) is 2.82. The topological polar surface area (TPSA) is 54.3 Å². The van der Waals surface area contributed by atoms with Crippen LogP contribution in [0.5, 0.6) is 11.5 Å². The molecule has 0 saturated carbocycles. The average molecular weight is 268 g/mol. The molecule has 0 saturated heterocycles. The Bertz CT molecular complexity index is 605. The van der Waals surface area contributed by atoms with E-state index < -0.39 is 0 Å². The molecule has 20 heavy (non-hydrogen) atoms. The largest absolute Gasteiger partial charge is 0.497 e. The van der Waals surface area contributed by atoms with Crippen molar-refractivity contribution < 1.29 is 9.47 Å². The van der Waals surface area contributed by atoms with E-state index in [1.807, 2.05) is 54.6 Å². The Morgan fingerprint density at radius 2 is 2.00 bits per heavy atom. The average Bonchev–Trinajstić information content (AvgIpc) is 2.52. The van der Waals surface area contributed by atoms with E-state index >= 15 is 0 Å². The van der Waals surface area contributed by atoms with Crippen molar-refractivity contribution in [3.05, 3.63) is 54.1 Å². The van der Waals surface area contributed by atoms with E-state index in [-0.39, 0.29) is 6.61 Å². The molecule has 0 aliphatic rings. The first-order valence-electron chi connectivity index (χ1n) is 6.29. The van der Waals surface area contributed by atoms with Crippen LogP contribution in [0.2, 0.25) is 0 Å². The molecule has 0 aromatic heterocycles. The van der Waals surface area contributed by atoms with Crippen molar-refractivity contribution in [2.45, 2.75) is 6.54 Å². The predicted octanol–water partition coefficient (Wildman–Crippen LogP) is 3.21. The smallest absolute Gasteiger partial charge is 0.174 e. The van der Waals surface area contributed by atoms with Gasteiger partial charge in [-0.1, -0.05) is 24.3 Å². The summed E-state index contributed by atoms with van der Waals surface area (Å²) in [5.74, 6) is 1.54. The van der Waals surface area contributed by atoms with Gasteiger partial charge in [-0.3, -0.25) is 0 Å². The minimum absolute atomic E-state index is 0.0518. The fourth-order valence-electron chi connectivity index (χ4n) is 1.83. The quantitative estimate of drug-likeness (QED) is 0.874. The van der Waals surface area contributed by atoms with Crippen molar-refractivity contribution in [3.8, 4) is 17.6 Å². The Kier molecular flexibility index (Phi) is 4.85. The normalized spacial score (nSPS) is 9.60. The van der Waals surface area contributed by atoms with Crippen molar-refractivity contribution in [1.29, 1.82) is 5.26 Å². The molecular formula is C16H16N2O2. The lowest BCUT2D eigenvalue weighted by Crippen LogP contribution is -2.03. The first-order valence-corrected chi connectivity index (χ1v) is 6.29. The van der Waals surface area contributed by atoms with Crippen molar-refractivity contribution in [2.75, 3.05) is 19.0 Å². The third kappa shape index (κ3) is 3.66. The summed E-state index contributed by atoms with van der Waals surface area (Å²) in [5, 5.41) is 11.9. The Labute approximate surface area is 118 Å². The second-order valence-corrected chi connectivity index (χ2v) is 4.14. The van der Waals surface area contributed by atoms with Crippen molar-refractivity contribution >= 4 is 5.69 Å². The highest BCUT2D eigenvalue weighted by molar-refractivity contribution is 5.49. The summed E-state index contributed by atoms with van der Waals surface area (Å²) in [7, 11) is 1.64. The molecule has 102 valence electrons. The lowest BCUT2D eigenvalue weighted by atomic mass is 10.2. The van der Waals surface area contributed by atoms with E-state index in [2.05, 4.69) is 5.32 Å². The van der Waals surface area contributed by atoms with Gasteiger partial charge in [-0.15, -0.1) is 0 Å². The third-order valence-corrected chi connectivity index (χ3v) is 2.82. The van der Waals surface area contributed by atoms with Crippen LogP contribution in [0, 0.1) is 11.3 Å². The second-order valence-electron chi connectivity index (χ2n) is 4.14. The number of benzene rings is 2. The van der Waals surface area contributed by atoms with Gasteiger partial charge < -0.3 is 14.8 Å². The van der Waals surface area contributed by atoms with Crippen LogP contribution in [0.25, 0.3) is 0 Å². The van der Waals surface area contributed by atoms with E-state index in [1.165, 1.54) is 0 Å². The standard InChI is InChI=1S/C16H16N2O2/c1-19-15-7-4-6-14(11-15)18-12-13-5-2-3-8-16(13)20-10-9-17/h2-8,11,18H,10,12H2,1H3. The highest BCUT2D eigenvalue weighted by atomic mass is 16.5. The number of nitrogens with zero attached hydrogens (tertiary/aromatic N) is 1. The van der Waals surface area contributed by atoms with Gasteiger partial charge in [0.1, 0.15) is 17.6 Å². The van der Waals surface area contributed by atoms with Gasteiger partial charge in [-0.05, 0) is 18.2 Å². The zero-order valence-electron chi connectivity index (χ0n) is 11.3. The molecule has 0 heterocycles. The molecule has 0 aliphatic heterocycles. The monoisotopic (exact) mass is 268 g/mol. The summed E-state index contributed by atoms with van der Waals surface area (Å²) in [6.07, 6.45) is 0. The molecule has 0 amide bonds. The van der Waals surface area contributed by atoms with Gasteiger partial charge >= 0.3 is 0 Å². The number of hydrogen-bond donors (Lipinski definition) is 1. The van der Waals surface area contributed by atoms with Gasteiger partial charge in [-0.25, -0.2) is 0 Å². The van der Waals surface area contributed by atoms with E-state index in [9.17, 15) is 0 Å². The molecule has 0 unspecified atom stereocenters. The fraction of sp³-hybridized carbons (Fsp3) is 0.188. The number of nitrogens with one attached hydrogen (secondary N) is 1. The SMILES string of the molecule is COc1cccc(NCc2ccccc2OCC#N)c1. The Hall–Kier alpha value is -2.67. The highest BCUT2D eigenvalue weighted by Crippen LogP contribution is 2.21. The van der Waals surface area contributed by atoms with E-state index in [1.54, 1.807) is 7.11 Å². The maximum Gasteiger partial charge on any atom is 0.174 e. The molecule has 0 radical (unpaired) electrons. The molecule has 2 aromatic carbocycles. The zero-order valence-corrected chi connectivity index (χ0v) is 11.3. The van der Waals surface area contributed by atoms with Crippen LogP contribution in [0.15, 0.2) is 48.5 Å². The Morgan fingerprint density at radius 1 is 1.15 bits per heavy atom. The van der Waals surface area contributed by atoms with Crippen LogP contribution in [0.1, 0.15) is 5.56 Å². The molecule has 1 N–H and O–H groups in total. The molecule has 4 heteroatoms. The Morgan fingerprint density at radius 3 is 2.80 bits per heavy atom. The number of nitriles is 1. The number of ether oxygens (including phenoxy) is 2. The molecule has 0 atom stereocenters. The van der Waals surface area contributed by atoms with Crippen LogP contribution in [0.4, 0.5) is 5.69 Å². The minimum atomic E-state index is 0.0518. The van der Waals surface area contributed by atoms with Gasteiger partial charge in [0.25, 0.3) is 0 Å². The van der Waals surface area contributed by atoms with Gasteiger partial charge in [0.05, 0.1) is 7.11 Å². The maximum atomic E-state index is 8.58. The first kappa shape index (κ1) is 13.8. The molecular weight excluding hydrogens is 252 g/mol. The predicted molar refractivity (Wildman–Crippen MR) is 77.9 cm³/mol. The van der Waals surface area contributed by atoms with E-state index in [0.717, 1.165) is 22.7 Å². The lowest BCUT2D eigenvalue weighted by Gasteiger charge is -2.11. The summed E-state index contributed by atoms with van der Waals surface area (Å²) in [4.78, 5) is 0. The summed E-state index contributed by atoms with van der Waals surface area (Å²) in [5.41, 5.74) is 1.98. The van der Waals surface area contributed by atoms with E-state index in [0.29, 0.717) is 6.54 Å². The van der Waals surface area contributed by atoms with Gasteiger partial charge in [-0.2, -0.15) is 5.26 Å². The van der Waals surface area contributed by atoms with Crippen LogP contribution in [-0.2, 0) is 6.54 Å². The lowest BCUT2D eigenvalue weighted by molar-refractivity contribution is 0.364. The first-order chi connectivity index (χ1) is 9.83. The summed E-state index contributed by atoms with van der Waals surface area (Å²) < 4.78 is 10.6. The summed E-state index contributed by atoms with van der Waals surface area (Å²) >= 11 is 0. The minimum Gasteiger partial charge on any atom is -0.497 e. The Balaban J connectivity index is 2.05. The molecule has 0 aliphatic carbocycles. The van der Waals surface area contributed by atoms with Crippen LogP contribution in [-0.4, -0.2) is 13.7 Å². The molecule has 2 rings (SSSR count). The van der Waals surface area contributed by atoms with E-state index in [4.69, 9.17) is 14.7 Å². The van der Waals surface area contributed by atoms with Gasteiger partial charge in [0, 0.05) is 23.9 Å². The number of rotatable bonds is 6. The highest BCUT2D eigenvalue weighted by Gasteiger charge is 2.03. The number of anilines is 1. The molecule has 4 nitrogen and oxygen atoms in total. The number of methoxy groups -OCH3 is 1. The van der Waals surface area contributed by atoms with Gasteiger partial charge in [0.2, 0.25) is 0 Å². The second kappa shape index (κ2) is 7.05. The molecule has 0 fully saturated rings. The van der Waals surface area contributed by atoms with Crippen LogP contribution in [0.3, 0.4) is 0 Å². The van der Waals surface area contributed by atoms with Crippen molar-refractivity contribution in [1.82, 2.24) is 0 Å².